The van der Waals surface area contributed by atoms with Gasteiger partial charge in [0.1, 0.15) is 0 Å². The van der Waals surface area contributed by atoms with Crippen molar-refractivity contribution in [1.29, 1.82) is 0 Å². The minimum atomic E-state index is -4.32. The van der Waals surface area contributed by atoms with Crippen LogP contribution in [0.25, 0.3) is 10.9 Å². The minimum Gasteiger partial charge on any atom is -0.350 e. The molecule has 1 fully saturated rings. The lowest BCUT2D eigenvalue weighted by Crippen LogP contribution is -2.32. The van der Waals surface area contributed by atoms with Gasteiger partial charge in [-0.25, -0.2) is 0 Å². The molecule has 1 aliphatic rings. The predicted octanol–water partition coefficient (Wildman–Crippen LogP) is 5.85. The quantitative estimate of drug-likeness (QED) is 0.378. The fourth-order valence-corrected chi connectivity index (χ4v) is 4.26. The van der Waals surface area contributed by atoms with E-state index in [4.69, 9.17) is 0 Å². The average Bonchev–Trinajstić information content (AvgIpc) is 3.10. The van der Waals surface area contributed by atoms with E-state index in [1.54, 1.807) is 12.1 Å². The van der Waals surface area contributed by atoms with Crippen LogP contribution in [0.4, 0.5) is 13.2 Å². The molecule has 31 heavy (non-hydrogen) atoms. The second kappa shape index (κ2) is 8.71. The molecule has 1 saturated heterocycles. The SMILES string of the molecule is Cn1cc(C(=O)C=CC2CCN(Cc3cccc(C(F)(F)F)c3)CC2)c2ccccc21. The van der Waals surface area contributed by atoms with Crippen LogP contribution in [0.1, 0.15) is 34.3 Å². The molecule has 162 valence electrons. The van der Waals surface area contributed by atoms with Gasteiger partial charge in [0.05, 0.1) is 5.56 Å². The number of alkyl halides is 3. The largest absolute Gasteiger partial charge is 0.416 e. The van der Waals surface area contributed by atoms with Gasteiger partial charge in [0, 0.05) is 36.3 Å². The van der Waals surface area contributed by atoms with Gasteiger partial charge in [-0.1, -0.05) is 42.5 Å². The van der Waals surface area contributed by atoms with Gasteiger partial charge in [0.2, 0.25) is 0 Å². The highest BCUT2D eigenvalue weighted by molar-refractivity contribution is 6.13. The van der Waals surface area contributed by atoms with Crippen LogP contribution in [0.3, 0.4) is 0 Å². The molecule has 0 spiro atoms. The summed E-state index contributed by atoms with van der Waals surface area (Å²) in [5.41, 5.74) is 1.81. The zero-order chi connectivity index (χ0) is 22.0. The van der Waals surface area contributed by atoms with Gasteiger partial charge in [-0.2, -0.15) is 13.2 Å². The number of fused-ring (bicyclic) bond motifs is 1. The second-order valence-corrected chi connectivity index (χ2v) is 8.21. The summed E-state index contributed by atoms with van der Waals surface area (Å²) in [5.74, 6) is 0.305. The van der Waals surface area contributed by atoms with Crippen LogP contribution in [0.2, 0.25) is 0 Å². The van der Waals surface area contributed by atoms with Crippen LogP contribution in [0.15, 0.2) is 66.9 Å². The summed E-state index contributed by atoms with van der Waals surface area (Å²) in [7, 11) is 1.93. The molecule has 3 aromatic rings. The molecule has 0 atom stereocenters. The maximum absolute atomic E-state index is 12.9. The molecule has 0 saturated carbocycles. The number of carbonyl (C=O) groups excluding carboxylic acids is 1. The Kier molecular flexibility index (Phi) is 6.01. The lowest BCUT2D eigenvalue weighted by Gasteiger charge is -2.30. The number of nitrogens with zero attached hydrogens (tertiary/aromatic N) is 2. The maximum atomic E-state index is 12.9. The predicted molar refractivity (Wildman–Crippen MR) is 116 cm³/mol. The highest BCUT2D eigenvalue weighted by atomic mass is 19.4. The van der Waals surface area contributed by atoms with Gasteiger partial charge in [-0.05, 0) is 55.6 Å². The molecule has 1 aromatic heterocycles. The summed E-state index contributed by atoms with van der Waals surface area (Å²) in [6, 6.07) is 13.4. The van der Waals surface area contributed by atoms with Crippen molar-refractivity contribution in [3.8, 4) is 0 Å². The first-order valence-corrected chi connectivity index (χ1v) is 10.5. The van der Waals surface area contributed by atoms with Crippen LogP contribution in [-0.4, -0.2) is 28.3 Å². The average molecular weight is 426 g/mol. The normalized spacial score (nSPS) is 16.4. The van der Waals surface area contributed by atoms with Gasteiger partial charge < -0.3 is 4.57 Å². The molecule has 0 aliphatic carbocycles. The molecule has 3 nitrogen and oxygen atoms in total. The first-order chi connectivity index (χ1) is 14.8. The van der Waals surface area contributed by atoms with Crippen molar-refractivity contribution in [1.82, 2.24) is 9.47 Å². The van der Waals surface area contributed by atoms with Gasteiger partial charge in [0.25, 0.3) is 0 Å². The number of hydrogen-bond donors (Lipinski definition) is 0. The van der Waals surface area contributed by atoms with Crippen molar-refractivity contribution in [3.63, 3.8) is 0 Å². The van der Waals surface area contributed by atoms with E-state index in [1.807, 2.05) is 48.2 Å². The molecule has 0 radical (unpaired) electrons. The summed E-state index contributed by atoms with van der Waals surface area (Å²) >= 11 is 0. The fraction of sp³-hybridized carbons (Fsp3) is 0.320. The molecule has 2 aromatic carbocycles. The number of allylic oxidation sites excluding steroid dienone is 2. The molecule has 2 heterocycles. The van der Waals surface area contributed by atoms with E-state index < -0.39 is 11.7 Å². The van der Waals surface area contributed by atoms with Gasteiger partial charge in [-0.3, -0.25) is 9.69 Å². The monoisotopic (exact) mass is 426 g/mol. The Morgan fingerprint density at radius 3 is 2.58 bits per heavy atom. The molecular formula is C25H25F3N2O. The van der Waals surface area contributed by atoms with Crippen LogP contribution in [0.5, 0.6) is 0 Å². The van der Waals surface area contributed by atoms with E-state index in [-0.39, 0.29) is 5.78 Å². The number of carbonyl (C=O) groups is 1. The van der Waals surface area contributed by atoms with E-state index in [2.05, 4.69) is 4.90 Å². The molecule has 0 bridgehead atoms. The van der Waals surface area contributed by atoms with Crippen molar-refractivity contribution < 1.29 is 18.0 Å². The summed E-state index contributed by atoms with van der Waals surface area (Å²) in [4.78, 5) is 14.9. The Morgan fingerprint density at radius 2 is 1.84 bits per heavy atom. The maximum Gasteiger partial charge on any atom is 0.416 e. The van der Waals surface area contributed by atoms with Gasteiger partial charge in [0.15, 0.2) is 5.78 Å². The fourth-order valence-electron chi connectivity index (χ4n) is 4.26. The third-order valence-electron chi connectivity index (χ3n) is 5.97. The second-order valence-electron chi connectivity index (χ2n) is 8.21. The molecule has 1 aliphatic heterocycles. The first kappa shape index (κ1) is 21.4. The number of para-hydroxylation sites is 1. The Morgan fingerprint density at radius 1 is 1.10 bits per heavy atom. The van der Waals surface area contributed by atoms with E-state index >= 15 is 0 Å². The van der Waals surface area contributed by atoms with Crippen molar-refractivity contribution in [2.75, 3.05) is 13.1 Å². The highest BCUT2D eigenvalue weighted by Crippen LogP contribution is 2.30. The zero-order valence-corrected chi connectivity index (χ0v) is 17.4. The first-order valence-electron chi connectivity index (χ1n) is 10.5. The lowest BCUT2D eigenvalue weighted by molar-refractivity contribution is -0.137. The van der Waals surface area contributed by atoms with E-state index in [1.165, 1.54) is 12.1 Å². The number of rotatable bonds is 5. The smallest absolute Gasteiger partial charge is 0.350 e. The number of benzene rings is 2. The molecule has 4 rings (SSSR count). The van der Waals surface area contributed by atoms with Crippen molar-refractivity contribution in [2.24, 2.45) is 13.0 Å². The standard InChI is InChI=1S/C25H25F3N2O/c1-29-17-22(21-7-2-3-8-23(21)29)24(31)10-9-18-11-13-30(14-12-18)16-19-5-4-6-20(15-19)25(26,27)28/h2-10,15,17-18H,11-14,16H2,1H3. The van der Waals surface area contributed by atoms with E-state index in [9.17, 15) is 18.0 Å². The van der Waals surface area contributed by atoms with Crippen molar-refractivity contribution in [2.45, 2.75) is 25.6 Å². The summed E-state index contributed by atoms with van der Waals surface area (Å²) < 4.78 is 40.7. The lowest BCUT2D eigenvalue weighted by atomic mass is 9.95. The number of hydrogen-bond acceptors (Lipinski definition) is 2. The van der Waals surface area contributed by atoms with Crippen molar-refractivity contribution in [3.05, 3.63) is 83.6 Å². The molecule has 0 unspecified atom stereocenters. The Balaban J connectivity index is 1.34. The van der Waals surface area contributed by atoms with Crippen molar-refractivity contribution >= 4 is 16.7 Å². The number of ketones is 1. The molecule has 0 N–H and O–H groups in total. The van der Waals surface area contributed by atoms with Crippen LogP contribution < -0.4 is 0 Å². The van der Waals surface area contributed by atoms with E-state index in [0.717, 1.165) is 42.9 Å². The molecule has 0 amide bonds. The van der Waals surface area contributed by atoms with Gasteiger partial charge >= 0.3 is 6.18 Å². The van der Waals surface area contributed by atoms with Crippen LogP contribution in [0, 0.1) is 5.92 Å². The number of aromatic nitrogens is 1. The molecular weight excluding hydrogens is 401 g/mol. The Hall–Kier alpha value is -2.86. The number of halogens is 3. The highest BCUT2D eigenvalue weighted by Gasteiger charge is 2.30. The van der Waals surface area contributed by atoms with E-state index in [0.29, 0.717) is 23.6 Å². The summed E-state index contributed by atoms with van der Waals surface area (Å²) in [5, 5.41) is 0.954. The Bertz CT molecular complexity index is 1110. The Labute approximate surface area is 179 Å². The number of likely N-dealkylation sites (tertiary alicyclic amines) is 1. The number of piperidine rings is 1. The topological polar surface area (TPSA) is 25.2 Å². The van der Waals surface area contributed by atoms with Crippen LogP contribution in [-0.2, 0) is 19.8 Å². The summed E-state index contributed by atoms with van der Waals surface area (Å²) in [6.07, 6.45) is 3.00. The number of aryl methyl sites for hydroxylation is 1. The summed E-state index contributed by atoms with van der Waals surface area (Å²) in [6.45, 7) is 2.11. The third-order valence-corrected chi connectivity index (χ3v) is 5.97. The zero-order valence-electron chi connectivity index (χ0n) is 17.4. The van der Waals surface area contributed by atoms with Crippen LogP contribution >= 0.6 is 0 Å². The molecule has 6 heteroatoms. The third kappa shape index (κ3) is 4.90. The van der Waals surface area contributed by atoms with Gasteiger partial charge in [-0.15, -0.1) is 0 Å². The minimum absolute atomic E-state index is 0.00296.